The van der Waals surface area contributed by atoms with Crippen molar-refractivity contribution in [3.63, 3.8) is 0 Å². The highest BCUT2D eigenvalue weighted by molar-refractivity contribution is 9.10. The summed E-state index contributed by atoms with van der Waals surface area (Å²) in [6, 6.07) is 28.8. The van der Waals surface area contributed by atoms with E-state index in [0.29, 0.717) is 0 Å². The first-order chi connectivity index (χ1) is 14.7. The van der Waals surface area contributed by atoms with Crippen molar-refractivity contribution in [2.45, 2.75) is 25.4 Å². The smallest absolute Gasteiger partial charge is 0.223 e. The molecule has 0 radical (unpaired) electrons. The molecule has 0 bridgehead atoms. The largest absolute Gasteiger partial charge is 0.345 e. The summed E-state index contributed by atoms with van der Waals surface area (Å²) in [6.45, 7) is 2.84. The molecule has 1 aliphatic rings. The predicted molar refractivity (Wildman–Crippen MR) is 125 cm³/mol. The Hall–Kier alpha value is -2.43. The summed E-state index contributed by atoms with van der Waals surface area (Å²) in [5, 5.41) is 3.33. The maximum absolute atomic E-state index is 13.1. The number of carbonyl (C=O) groups excluding carboxylic acids is 1. The van der Waals surface area contributed by atoms with Crippen LogP contribution in [-0.2, 0) is 11.3 Å². The van der Waals surface area contributed by atoms with Gasteiger partial charge in [0, 0.05) is 16.9 Å². The molecule has 0 unspecified atom stereocenters. The first-order valence-electron chi connectivity index (χ1n) is 10.6. The van der Waals surface area contributed by atoms with E-state index in [0.717, 1.165) is 48.1 Å². The molecular formula is C26H27BrN2O. The average molecular weight is 463 g/mol. The molecule has 0 spiro atoms. The zero-order valence-corrected chi connectivity index (χ0v) is 18.6. The summed E-state index contributed by atoms with van der Waals surface area (Å²) >= 11 is 3.55. The zero-order chi connectivity index (χ0) is 20.8. The van der Waals surface area contributed by atoms with E-state index in [1.165, 1.54) is 5.56 Å². The van der Waals surface area contributed by atoms with Crippen LogP contribution in [0.5, 0.6) is 0 Å². The molecule has 0 saturated carbocycles. The number of halogens is 1. The molecule has 1 fully saturated rings. The number of hydrogen-bond acceptors (Lipinski definition) is 2. The Morgan fingerprint density at radius 3 is 2.07 bits per heavy atom. The van der Waals surface area contributed by atoms with Crippen molar-refractivity contribution in [1.82, 2.24) is 10.2 Å². The molecule has 3 aromatic rings. The summed E-state index contributed by atoms with van der Waals surface area (Å²) in [4.78, 5) is 15.6. The molecule has 1 heterocycles. The second-order valence-electron chi connectivity index (χ2n) is 7.94. The van der Waals surface area contributed by atoms with Crippen LogP contribution in [0.4, 0.5) is 0 Å². The average Bonchev–Trinajstić information content (AvgIpc) is 2.79. The fourth-order valence-corrected chi connectivity index (χ4v) is 4.60. The molecule has 154 valence electrons. The third-order valence-electron chi connectivity index (χ3n) is 5.81. The summed E-state index contributed by atoms with van der Waals surface area (Å²) in [5.74, 6) is 0.230. The van der Waals surface area contributed by atoms with Crippen molar-refractivity contribution in [2.24, 2.45) is 5.92 Å². The first kappa shape index (κ1) is 20.8. The van der Waals surface area contributed by atoms with E-state index in [1.807, 2.05) is 36.4 Å². The molecular weight excluding hydrogens is 436 g/mol. The van der Waals surface area contributed by atoms with Gasteiger partial charge in [0.15, 0.2) is 0 Å². The van der Waals surface area contributed by atoms with Crippen LogP contribution in [0.1, 0.15) is 35.6 Å². The van der Waals surface area contributed by atoms with Gasteiger partial charge in [-0.25, -0.2) is 0 Å². The fraction of sp³-hybridized carbons (Fsp3) is 0.269. The van der Waals surface area contributed by atoms with Gasteiger partial charge in [0.2, 0.25) is 5.91 Å². The minimum Gasteiger partial charge on any atom is -0.345 e. The van der Waals surface area contributed by atoms with Gasteiger partial charge in [-0.3, -0.25) is 9.69 Å². The lowest BCUT2D eigenvalue weighted by atomic mass is 9.93. The third-order valence-corrected chi connectivity index (χ3v) is 6.30. The summed E-state index contributed by atoms with van der Waals surface area (Å²) < 4.78 is 1.11. The zero-order valence-electron chi connectivity index (χ0n) is 17.0. The van der Waals surface area contributed by atoms with Gasteiger partial charge in [0.25, 0.3) is 0 Å². The molecule has 3 nitrogen and oxygen atoms in total. The van der Waals surface area contributed by atoms with Crippen LogP contribution in [0.25, 0.3) is 0 Å². The van der Waals surface area contributed by atoms with Gasteiger partial charge in [-0.1, -0.05) is 88.7 Å². The molecule has 3 aromatic carbocycles. The standard InChI is InChI=1S/C26H27BrN2O/c27-24-13-7-8-20(18-24)19-29-16-14-23(15-17-29)26(30)28-25(21-9-3-1-4-10-21)22-11-5-2-6-12-22/h1-13,18,23,25H,14-17,19H2,(H,28,30). The molecule has 4 rings (SSSR count). The lowest BCUT2D eigenvalue weighted by Gasteiger charge is -2.32. The molecule has 1 N–H and O–H groups in total. The Balaban J connectivity index is 1.38. The second kappa shape index (κ2) is 10.1. The molecule has 1 saturated heterocycles. The first-order valence-corrected chi connectivity index (χ1v) is 11.4. The molecule has 4 heteroatoms. The minimum absolute atomic E-state index is 0.0682. The van der Waals surface area contributed by atoms with Crippen LogP contribution in [0.15, 0.2) is 89.4 Å². The van der Waals surface area contributed by atoms with Gasteiger partial charge in [-0.2, -0.15) is 0 Å². The highest BCUT2D eigenvalue weighted by atomic mass is 79.9. The number of rotatable bonds is 6. The molecule has 0 atom stereocenters. The van der Waals surface area contributed by atoms with Crippen LogP contribution in [0, 0.1) is 5.92 Å². The molecule has 30 heavy (non-hydrogen) atoms. The SMILES string of the molecule is O=C(NC(c1ccccc1)c1ccccc1)C1CCN(Cc2cccc(Br)c2)CC1. The van der Waals surface area contributed by atoms with E-state index in [2.05, 4.69) is 74.7 Å². The van der Waals surface area contributed by atoms with Gasteiger partial charge < -0.3 is 5.32 Å². The van der Waals surface area contributed by atoms with Crippen LogP contribution in [0.3, 0.4) is 0 Å². The van der Waals surface area contributed by atoms with E-state index in [1.54, 1.807) is 0 Å². The Bertz CT molecular complexity index is 914. The van der Waals surface area contributed by atoms with Gasteiger partial charge in [0.1, 0.15) is 0 Å². The number of amides is 1. The number of benzene rings is 3. The Kier molecular flexibility index (Phi) is 6.98. The number of carbonyl (C=O) groups is 1. The quantitative estimate of drug-likeness (QED) is 0.519. The van der Waals surface area contributed by atoms with E-state index in [-0.39, 0.29) is 17.9 Å². The summed E-state index contributed by atoms with van der Waals surface area (Å²) in [6.07, 6.45) is 1.80. The fourth-order valence-electron chi connectivity index (χ4n) is 4.16. The van der Waals surface area contributed by atoms with Gasteiger partial charge in [-0.05, 0) is 54.8 Å². The Labute approximate surface area is 187 Å². The van der Waals surface area contributed by atoms with Crippen molar-refractivity contribution in [1.29, 1.82) is 0 Å². The van der Waals surface area contributed by atoms with E-state index >= 15 is 0 Å². The predicted octanol–water partition coefficient (Wildman–Crippen LogP) is 5.57. The highest BCUT2D eigenvalue weighted by Gasteiger charge is 2.27. The maximum atomic E-state index is 13.1. The minimum atomic E-state index is -0.111. The van der Waals surface area contributed by atoms with Crippen LogP contribution in [0.2, 0.25) is 0 Å². The normalized spacial score (nSPS) is 15.3. The van der Waals surface area contributed by atoms with Crippen LogP contribution >= 0.6 is 15.9 Å². The Morgan fingerprint density at radius 1 is 0.900 bits per heavy atom. The molecule has 0 aromatic heterocycles. The number of nitrogens with one attached hydrogen (secondary N) is 1. The van der Waals surface area contributed by atoms with Crippen molar-refractivity contribution >= 4 is 21.8 Å². The third kappa shape index (κ3) is 5.38. The van der Waals surface area contributed by atoms with E-state index in [9.17, 15) is 4.79 Å². The lowest BCUT2D eigenvalue weighted by Crippen LogP contribution is -2.41. The lowest BCUT2D eigenvalue weighted by molar-refractivity contribution is -0.127. The number of piperidine rings is 1. The number of hydrogen-bond donors (Lipinski definition) is 1. The molecule has 0 aliphatic carbocycles. The van der Waals surface area contributed by atoms with Crippen molar-refractivity contribution < 1.29 is 4.79 Å². The van der Waals surface area contributed by atoms with Crippen molar-refractivity contribution in [3.05, 3.63) is 106 Å². The monoisotopic (exact) mass is 462 g/mol. The van der Waals surface area contributed by atoms with Gasteiger partial charge in [-0.15, -0.1) is 0 Å². The molecule has 1 aliphatic heterocycles. The summed E-state index contributed by atoms with van der Waals surface area (Å²) in [7, 11) is 0. The van der Waals surface area contributed by atoms with Gasteiger partial charge in [0.05, 0.1) is 6.04 Å². The summed E-state index contributed by atoms with van der Waals surface area (Å²) in [5.41, 5.74) is 3.54. The topological polar surface area (TPSA) is 32.3 Å². The van der Waals surface area contributed by atoms with Gasteiger partial charge >= 0.3 is 0 Å². The van der Waals surface area contributed by atoms with Crippen molar-refractivity contribution in [3.8, 4) is 0 Å². The Morgan fingerprint density at radius 2 is 1.50 bits per heavy atom. The second-order valence-corrected chi connectivity index (χ2v) is 8.86. The van der Waals surface area contributed by atoms with E-state index < -0.39 is 0 Å². The maximum Gasteiger partial charge on any atom is 0.223 e. The van der Waals surface area contributed by atoms with Crippen LogP contribution in [-0.4, -0.2) is 23.9 Å². The highest BCUT2D eigenvalue weighted by Crippen LogP contribution is 2.25. The molecule has 1 amide bonds. The van der Waals surface area contributed by atoms with Crippen LogP contribution < -0.4 is 5.32 Å². The van der Waals surface area contributed by atoms with E-state index in [4.69, 9.17) is 0 Å². The number of likely N-dealkylation sites (tertiary alicyclic amines) is 1. The number of nitrogens with zero attached hydrogens (tertiary/aromatic N) is 1. The van der Waals surface area contributed by atoms with Crippen molar-refractivity contribution in [2.75, 3.05) is 13.1 Å².